The van der Waals surface area contributed by atoms with E-state index in [-0.39, 0.29) is 34.9 Å². The highest BCUT2D eigenvalue weighted by molar-refractivity contribution is 6.33. The number of hydrogen-bond acceptors (Lipinski definition) is 5. The van der Waals surface area contributed by atoms with Gasteiger partial charge in [0.25, 0.3) is 5.91 Å². The van der Waals surface area contributed by atoms with E-state index >= 15 is 0 Å². The Bertz CT molecular complexity index is 1190. The minimum atomic E-state index is -4.51. The Hall–Kier alpha value is -3.20. The first-order chi connectivity index (χ1) is 15.8. The minimum Gasteiger partial charge on any atom is -0.364 e. The van der Waals surface area contributed by atoms with Crippen molar-refractivity contribution in [2.45, 2.75) is 43.6 Å². The summed E-state index contributed by atoms with van der Waals surface area (Å²) in [6.07, 6.45) is 1.83. The molecule has 1 aromatic carbocycles. The maximum atomic E-state index is 13.6. The van der Waals surface area contributed by atoms with Crippen LogP contribution in [0.1, 0.15) is 35.2 Å². The zero-order valence-corrected chi connectivity index (χ0v) is 18.0. The lowest BCUT2D eigenvalue weighted by molar-refractivity contribution is -0.137. The quantitative estimate of drug-likeness (QED) is 0.573. The smallest absolute Gasteiger partial charge is 0.364 e. The molecular weight excluding hydrogens is 455 g/mol. The summed E-state index contributed by atoms with van der Waals surface area (Å²) >= 11 is 6.08. The van der Waals surface area contributed by atoms with E-state index in [0.29, 0.717) is 23.4 Å². The van der Waals surface area contributed by atoms with Crippen LogP contribution < -0.4 is 5.32 Å². The van der Waals surface area contributed by atoms with E-state index in [9.17, 15) is 18.0 Å². The van der Waals surface area contributed by atoms with Crippen LogP contribution in [0.3, 0.4) is 0 Å². The number of nitrogens with zero attached hydrogens (tertiary/aromatic N) is 4. The van der Waals surface area contributed by atoms with E-state index in [1.54, 1.807) is 30.6 Å². The molecule has 4 heterocycles. The first kappa shape index (κ1) is 21.6. The summed E-state index contributed by atoms with van der Waals surface area (Å²) in [5, 5.41) is 3.07. The van der Waals surface area contributed by atoms with Crippen LogP contribution in [-0.4, -0.2) is 43.9 Å². The molecule has 33 heavy (non-hydrogen) atoms. The van der Waals surface area contributed by atoms with Crippen molar-refractivity contribution in [2.24, 2.45) is 0 Å². The van der Waals surface area contributed by atoms with Gasteiger partial charge in [0.15, 0.2) is 5.82 Å². The maximum Gasteiger partial charge on any atom is 0.417 e. The molecule has 2 fully saturated rings. The summed E-state index contributed by atoms with van der Waals surface area (Å²) < 4.78 is 38.7. The predicted molar refractivity (Wildman–Crippen MR) is 117 cm³/mol. The number of hydrogen-bond donors (Lipinski definition) is 1. The second kappa shape index (κ2) is 8.30. The standard InChI is InChI=1S/C23H19ClF3N5O/c24-17-10-13(23(25,26)27)12-30-21(17)31-18-11-14-6-7-19(18)32(14)22(33)16-5-2-1-4-15(16)20-28-8-3-9-29-20/h1-5,8-10,12,14,18-19H,6-7,11H2,(H,30,31). The molecule has 1 N–H and O–H groups in total. The Morgan fingerprint density at radius 2 is 1.85 bits per heavy atom. The Kier molecular flexibility index (Phi) is 5.44. The predicted octanol–water partition coefficient (Wildman–Crippen LogP) is 5.07. The van der Waals surface area contributed by atoms with E-state index in [1.165, 1.54) is 0 Å². The molecule has 3 atom stereocenters. The van der Waals surface area contributed by atoms with Crippen LogP contribution in [0.25, 0.3) is 11.4 Å². The van der Waals surface area contributed by atoms with Crippen LogP contribution in [0.4, 0.5) is 19.0 Å². The van der Waals surface area contributed by atoms with Crippen LogP contribution in [0, 0.1) is 0 Å². The normalized spacial score (nSPS) is 21.9. The Morgan fingerprint density at radius 1 is 1.09 bits per heavy atom. The number of nitrogens with one attached hydrogen (secondary N) is 1. The molecule has 170 valence electrons. The topological polar surface area (TPSA) is 71.0 Å². The molecule has 0 aliphatic carbocycles. The third-order valence-corrected chi connectivity index (χ3v) is 6.51. The van der Waals surface area contributed by atoms with Gasteiger partial charge >= 0.3 is 6.18 Å². The van der Waals surface area contributed by atoms with Crippen molar-refractivity contribution in [3.8, 4) is 11.4 Å². The summed E-state index contributed by atoms with van der Waals surface area (Å²) in [6, 6.07) is 9.56. The fraction of sp³-hybridized carbons (Fsp3) is 0.304. The Morgan fingerprint density at radius 3 is 2.58 bits per heavy atom. The van der Waals surface area contributed by atoms with Gasteiger partial charge in [-0.15, -0.1) is 0 Å². The highest BCUT2D eigenvalue weighted by atomic mass is 35.5. The third kappa shape index (κ3) is 4.01. The van der Waals surface area contributed by atoms with Gasteiger partial charge in [-0.05, 0) is 37.5 Å². The van der Waals surface area contributed by atoms with Crippen molar-refractivity contribution in [1.29, 1.82) is 0 Å². The number of anilines is 1. The Balaban J connectivity index is 1.38. The number of carbonyl (C=O) groups excluding carboxylic acids is 1. The second-order valence-electron chi connectivity index (χ2n) is 8.17. The molecule has 5 rings (SSSR count). The lowest BCUT2D eigenvalue weighted by Crippen LogP contribution is -2.40. The van der Waals surface area contributed by atoms with Gasteiger partial charge in [0.05, 0.1) is 22.2 Å². The largest absolute Gasteiger partial charge is 0.417 e. The molecule has 0 radical (unpaired) electrons. The summed E-state index contributed by atoms with van der Waals surface area (Å²) in [4.78, 5) is 27.9. The van der Waals surface area contributed by atoms with E-state index in [1.807, 2.05) is 17.0 Å². The van der Waals surface area contributed by atoms with Gasteiger partial charge in [0, 0.05) is 36.2 Å². The number of amides is 1. The first-order valence-corrected chi connectivity index (χ1v) is 10.9. The van der Waals surface area contributed by atoms with Gasteiger partial charge < -0.3 is 10.2 Å². The number of aromatic nitrogens is 3. The molecule has 2 aliphatic rings. The van der Waals surface area contributed by atoms with Gasteiger partial charge in [-0.2, -0.15) is 13.2 Å². The number of carbonyl (C=O) groups is 1. The van der Waals surface area contributed by atoms with E-state index < -0.39 is 11.7 Å². The molecule has 2 saturated heterocycles. The molecule has 0 saturated carbocycles. The summed E-state index contributed by atoms with van der Waals surface area (Å²) in [7, 11) is 0. The summed E-state index contributed by atoms with van der Waals surface area (Å²) in [5.41, 5.74) is 0.279. The second-order valence-corrected chi connectivity index (χ2v) is 8.57. The molecule has 1 amide bonds. The number of fused-ring (bicyclic) bond motifs is 2. The monoisotopic (exact) mass is 473 g/mol. The van der Waals surface area contributed by atoms with Gasteiger partial charge in [-0.1, -0.05) is 29.8 Å². The van der Waals surface area contributed by atoms with Crippen molar-refractivity contribution in [3.05, 3.63) is 71.1 Å². The Labute approximate surface area is 192 Å². The zero-order chi connectivity index (χ0) is 23.2. The average molecular weight is 474 g/mol. The summed E-state index contributed by atoms with van der Waals surface area (Å²) in [6.45, 7) is 0. The first-order valence-electron chi connectivity index (χ1n) is 10.5. The molecule has 3 aromatic rings. The van der Waals surface area contributed by atoms with Gasteiger partial charge in [0.1, 0.15) is 5.82 Å². The average Bonchev–Trinajstić information content (AvgIpc) is 3.37. The van der Waals surface area contributed by atoms with Crippen molar-refractivity contribution in [1.82, 2.24) is 19.9 Å². The van der Waals surface area contributed by atoms with Crippen LogP contribution in [0.5, 0.6) is 0 Å². The van der Waals surface area contributed by atoms with E-state index in [4.69, 9.17) is 11.6 Å². The molecule has 10 heteroatoms. The molecule has 2 bridgehead atoms. The summed E-state index contributed by atoms with van der Waals surface area (Å²) in [5.74, 6) is 0.553. The highest BCUT2D eigenvalue weighted by Gasteiger charge is 2.49. The molecular formula is C23H19ClF3N5O. The molecule has 6 nitrogen and oxygen atoms in total. The van der Waals surface area contributed by atoms with Gasteiger partial charge in [-0.25, -0.2) is 15.0 Å². The third-order valence-electron chi connectivity index (χ3n) is 6.23. The number of benzene rings is 1. The van der Waals surface area contributed by atoms with Crippen LogP contribution in [0.2, 0.25) is 5.02 Å². The number of pyridine rings is 1. The van der Waals surface area contributed by atoms with Crippen LogP contribution in [-0.2, 0) is 6.18 Å². The van der Waals surface area contributed by atoms with Crippen molar-refractivity contribution < 1.29 is 18.0 Å². The van der Waals surface area contributed by atoms with Crippen LogP contribution >= 0.6 is 11.6 Å². The fourth-order valence-electron chi connectivity index (χ4n) is 4.78. The molecule has 2 aliphatic heterocycles. The molecule has 0 spiro atoms. The van der Waals surface area contributed by atoms with Crippen LogP contribution in [0.15, 0.2) is 55.0 Å². The SMILES string of the molecule is O=C(c1ccccc1-c1ncccn1)N1C2CCC1C(Nc1ncc(C(F)(F)F)cc1Cl)C2. The maximum absolute atomic E-state index is 13.6. The van der Waals surface area contributed by atoms with Crippen molar-refractivity contribution in [2.75, 3.05) is 5.32 Å². The highest BCUT2D eigenvalue weighted by Crippen LogP contribution is 2.41. The van der Waals surface area contributed by atoms with Crippen molar-refractivity contribution in [3.63, 3.8) is 0 Å². The fourth-order valence-corrected chi connectivity index (χ4v) is 5.00. The molecule has 3 unspecified atom stereocenters. The number of rotatable bonds is 4. The van der Waals surface area contributed by atoms with Gasteiger partial charge in [-0.3, -0.25) is 4.79 Å². The molecule has 2 aromatic heterocycles. The number of halogens is 4. The number of alkyl halides is 3. The minimum absolute atomic E-state index is 0.0259. The van der Waals surface area contributed by atoms with Gasteiger partial charge in [0.2, 0.25) is 0 Å². The lowest BCUT2D eigenvalue weighted by Gasteiger charge is -2.26. The lowest BCUT2D eigenvalue weighted by atomic mass is 9.95. The van der Waals surface area contributed by atoms with E-state index in [2.05, 4.69) is 20.3 Å². The van der Waals surface area contributed by atoms with E-state index in [0.717, 1.165) is 25.1 Å². The van der Waals surface area contributed by atoms with Crippen molar-refractivity contribution >= 4 is 23.3 Å². The zero-order valence-electron chi connectivity index (χ0n) is 17.3.